The normalized spacial score (nSPS) is 10.6. The van der Waals surface area contributed by atoms with Crippen LogP contribution >= 0.6 is 0 Å². The van der Waals surface area contributed by atoms with Crippen LogP contribution in [0.25, 0.3) is 0 Å². The second kappa shape index (κ2) is 7.43. The Morgan fingerprint density at radius 3 is 2.56 bits per heavy atom. The third kappa shape index (κ3) is 4.54. The maximum absolute atomic E-state index is 12.2. The highest BCUT2D eigenvalue weighted by Crippen LogP contribution is 2.10. The lowest BCUT2D eigenvalue weighted by molar-refractivity contribution is -0.137. The van der Waals surface area contributed by atoms with Crippen LogP contribution in [0.2, 0.25) is 0 Å². The molecule has 1 amide bonds. The number of hydrogen-bond acceptors (Lipinski definition) is 4. The van der Waals surface area contributed by atoms with E-state index in [9.17, 15) is 9.59 Å². The number of aliphatic carboxylic acids is 1. The van der Waals surface area contributed by atoms with Crippen LogP contribution in [0.4, 0.5) is 5.69 Å². The van der Waals surface area contributed by atoms with Crippen LogP contribution in [0, 0.1) is 0 Å². The SMILES string of the molecule is O=C(O)CCn1cc(C(=O)Nc2cnn(Cc3ccccc3)c2)cn1. The van der Waals surface area contributed by atoms with Crippen molar-refractivity contribution in [3.8, 4) is 0 Å². The Labute approximate surface area is 143 Å². The maximum Gasteiger partial charge on any atom is 0.305 e. The average Bonchev–Trinajstić information content (AvgIpc) is 3.23. The van der Waals surface area contributed by atoms with Gasteiger partial charge in [-0.3, -0.25) is 19.0 Å². The summed E-state index contributed by atoms with van der Waals surface area (Å²) < 4.78 is 3.17. The molecule has 0 atom stereocenters. The molecule has 0 fully saturated rings. The molecule has 2 heterocycles. The molecule has 2 N–H and O–H groups in total. The molecule has 1 aromatic carbocycles. The van der Waals surface area contributed by atoms with E-state index in [4.69, 9.17) is 5.11 Å². The van der Waals surface area contributed by atoms with Gasteiger partial charge < -0.3 is 10.4 Å². The molecular formula is C17H17N5O3. The van der Waals surface area contributed by atoms with E-state index in [1.807, 2.05) is 30.3 Å². The molecule has 0 aliphatic heterocycles. The van der Waals surface area contributed by atoms with E-state index in [1.165, 1.54) is 17.1 Å². The van der Waals surface area contributed by atoms with E-state index in [2.05, 4.69) is 15.5 Å². The number of rotatable bonds is 7. The standard InChI is InChI=1S/C17H17N5O3/c23-16(24)6-7-21-11-14(8-18-21)17(25)20-15-9-19-22(12-15)10-13-4-2-1-3-5-13/h1-5,8-9,11-12H,6-7,10H2,(H,20,25)(H,23,24). The summed E-state index contributed by atoms with van der Waals surface area (Å²) in [4.78, 5) is 22.8. The van der Waals surface area contributed by atoms with Gasteiger partial charge in [0.2, 0.25) is 0 Å². The van der Waals surface area contributed by atoms with Gasteiger partial charge in [-0.15, -0.1) is 0 Å². The topological polar surface area (TPSA) is 102 Å². The number of benzene rings is 1. The Morgan fingerprint density at radius 2 is 1.80 bits per heavy atom. The minimum Gasteiger partial charge on any atom is -0.481 e. The molecule has 0 aliphatic carbocycles. The number of carboxylic acid groups (broad SMARTS) is 1. The second-order valence-corrected chi connectivity index (χ2v) is 5.50. The third-order valence-corrected chi connectivity index (χ3v) is 3.53. The van der Waals surface area contributed by atoms with E-state index in [0.717, 1.165) is 5.56 Å². The smallest absolute Gasteiger partial charge is 0.305 e. The fourth-order valence-corrected chi connectivity index (χ4v) is 2.30. The number of hydrogen-bond donors (Lipinski definition) is 2. The number of amides is 1. The molecule has 25 heavy (non-hydrogen) atoms. The van der Waals surface area contributed by atoms with Gasteiger partial charge in [0, 0.05) is 12.4 Å². The molecule has 3 rings (SSSR count). The number of carbonyl (C=O) groups is 2. The van der Waals surface area contributed by atoms with Gasteiger partial charge in [0.1, 0.15) is 0 Å². The van der Waals surface area contributed by atoms with E-state index in [0.29, 0.717) is 17.8 Å². The van der Waals surface area contributed by atoms with Crippen molar-refractivity contribution < 1.29 is 14.7 Å². The first-order valence-electron chi connectivity index (χ1n) is 7.72. The minimum absolute atomic E-state index is 0.0466. The number of anilines is 1. The number of aryl methyl sites for hydroxylation is 1. The van der Waals surface area contributed by atoms with Crippen molar-refractivity contribution in [3.05, 3.63) is 66.2 Å². The number of nitrogens with one attached hydrogen (secondary N) is 1. The second-order valence-electron chi connectivity index (χ2n) is 5.50. The summed E-state index contributed by atoms with van der Waals surface area (Å²) in [5, 5.41) is 19.6. The predicted molar refractivity (Wildman–Crippen MR) is 90.2 cm³/mol. The monoisotopic (exact) mass is 339 g/mol. The van der Waals surface area contributed by atoms with Crippen molar-refractivity contribution in [3.63, 3.8) is 0 Å². The third-order valence-electron chi connectivity index (χ3n) is 3.53. The zero-order valence-corrected chi connectivity index (χ0v) is 13.4. The van der Waals surface area contributed by atoms with Gasteiger partial charge >= 0.3 is 5.97 Å². The lowest BCUT2D eigenvalue weighted by Crippen LogP contribution is -2.11. The van der Waals surface area contributed by atoms with E-state index >= 15 is 0 Å². The van der Waals surface area contributed by atoms with Crippen LogP contribution in [0.1, 0.15) is 22.3 Å². The molecule has 0 bridgehead atoms. The highest BCUT2D eigenvalue weighted by molar-refractivity contribution is 6.03. The van der Waals surface area contributed by atoms with Gasteiger partial charge in [0.25, 0.3) is 5.91 Å². The molecule has 0 saturated heterocycles. The number of carboxylic acids is 1. The fourth-order valence-electron chi connectivity index (χ4n) is 2.30. The van der Waals surface area contributed by atoms with Crippen LogP contribution in [0.5, 0.6) is 0 Å². The van der Waals surface area contributed by atoms with Crippen LogP contribution in [0.15, 0.2) is 55.1 Å². The van der Waals surface area contributed by atoms with Gasteiger partial charge in [-0.25, -0.2) is 0 Å². The Bertz CT molecular complexity index is 869. The largest absolute Gasteiger partial charge is 0.481 e. The molecule has 3 aromatic rings. The van der Waals surface area contributed by atoms with Crippen LogP contribution in [-0.4, -0.2) is 36.5 Å². The molecular weight excluding hydrogens is 322 g/mol. The summed E-state index contributed by atoms with van der Waals surface area (Å²) in [5.74, 6) is -1.23. The number of nitrogens with zero attached hydrogens (tertiary/aromatic N) is 4. The predicted octanol–water partition coefficient (Wildman–Crippen LogP) is 1.85. The quantitative estimate of drug-likeness (QED) is 0.684. The zero-order valence-electron chi connectivity index (χ0n) is 13.4. The molecule has 8 nitrogen and oxygen atoms in total. The Hall–Kier alpha value is -3.42. The molecule has 2 aromatic heterocycles. The van der Waals surface area contributed by atoms with Gasteiger partial charge in [-0.2, -0.15) is 10.2 Å². The van der Waals surface area contributed by atoms with E-state index < -0.39 is 5.97 Å². The summed E-state index contributed by atoms with van der Waals surface area (Å²) >= 11 is 0. The van der Waals surface area contributed by atoms with E-state index in [-0.39, 0.29) is 18.9 Å². The molecule has 8 heteroatoms. The summed E-state index contributed by atoms with van der Waals surface area (Å²) in [6.45, 7) is 0.835. The van der Waals surface area contributed by atoms with Crippen LogP contribution in [-0.2, 0) is 17.9 Å². The highest BCUT2D eigenvalue weighted by atomic mass is 16.4. The summed E-state index contributed by atoms with van der Waals surface area (Å²) in [6, 6.07) is 9.89. The molecule has 0 spiro atoms. The Balaban J connectivity index is 1.59. The van der Waals surface area contributed by atoms with Crippen molar-refractivity contribution in [1.29, 1.82) is 0 Å². The van der Waals surface area contributed by atoms with Crippen molar-refractivity contribution >= 4 is 17.6 Å². The van der Waals surface area contributed by atoms with Crippen molar-refractivity contribution in [2.45, 2.75) is 19.5 Å². The molecule has 0 unspecified atom stereocenters. The summed E-state index contributed by atoms with van der Waals surface area (Å²) in [7, 11) is 0. The van der Waals surface area contributed by atoms with Gasteiger partial charge in [-0.1, -0.05) is 30.3 Å². The minimum atomic E-state index is -0.910. The average molecular weight is 339 g/mol. The van der Waals surface area contributed by atoms with Crippen molar-refractivity contribution in [2.24, 2.45) is 0 Å². The van der Waals surface area contributed by atoms with Gasteiger partial charge in [0.15, 0.2) is 0 Å². The lowest BCUT2D eigenvalue weighted by atomic mass is 10.2. The number of carbonyl (C=O) groups excluding carboxylic acids is 1. The molecule has 128 valence electrons. The number of aromatic nitrogens is 4. The first kappa shape index (κ1) is 16.4. The molecule has 0 radical (unpaired) electrons. The first-order chi connectivity index (χ1) is 12.1. The van der Waals surface area contributed by atoms with Crippen LogP contribution in [0.3, 0.4) is 0 Å². The Morgan fingerprint density at radius 1 is 1.04 bits per heavy atom. The van der Waals surface area contributed by atoms with Gasteiger partial charge in [0.05, 0.1) is 43.2 Å². The highest BCUT2D eigenvalue weighted by Gasteiger charge is 2.11. The fraction of sp³-hybridized carbons (Fsp3) is 0.176. The maximum atomic E-state index is 12.2. The van der Waals surface area contributed by atoms with Crippen molar-refractivity contribution in [2.75, 3.05) is 5.32 Å². The van der Waals surface area contributed by atoms with E-state index in [1.54, 1.807) is 17.1 Å². The lowest BCUT2D eigenvalue weighted by Gasteiger charge is -2.01. The Kier molecular flexibility index (Phi) is 4.89. The molecule has 0 saturated carbocycles. The summed E-state index contributed by atoms with van der Waals surface area (Å²) in [5.41, 5.74) is 2.06. The van der Waals surface area contributed by atoms with Crippen LogP contribution < -0.4 is 5.32 Å². The van der Waals surface area contributed by atoms with Crippen molar-refractivity contribution in [1.82, 2.24) is 19.6 Å². The van der Waals surface area contributed by atoms with Gasteiger partial charge in [-0.05, 0) is 5.56 Å². The zero-order chi connectivity index (χ0) is 17.6. The summed E-state index contributed by atoms with van der Waals surface area (Å²) in [6.07, 6.45) is 6.21. The first-order valence-corrected chi connectivity index (χ1v) is 7.72. The molecule has 0 aliphatic rings.